The molecule has 0 spiro atoms. The van der Waals surface area contributed by atoms with Gasteiger partial charge < -0.3 is 4.90 Å². The maximum Gasteiger partial charge on any atom is 0.0396 e. The van der Waals surface area contributed by atoms with Gasteiger partial charge in [0.25, 0.3) is 0 Å². The van der Waals surface area contributed by atoms with Gasteiger partial charge >= 0.3 is 0 Å². The summed E-state index contributed by atoms with van der Waals surface area (Å²) in [6.07, 6.45) is 8.89. The lowest BCUT2D eigenvalue weighted by Gasteiger charge is -2.11. The number of rotatable bonds is 2. The summed E-state index contributed by atoms with van der Waals surface area (Å²) in [5.41, 5.74) is 2.62. The third kappa shape index (κ3) is 3.25. The summed E-state index contributed by atoms with van der Waals surface area (Å²) in [7, 11) is 2.10. The lowest BCUT2D eigenvalue weighted by molar-refractivity contribution is 0.482. The van der Waals surface area contributed by atoms with Crippen LogP contribution in [-0.4, -0.2) is 18.5 Å². The zero-order valence-corrected chi connectivity index (χ0v) is 9.59. The van der Waals surface area contributed by atoms with Crippen molar-refractivity contribution in [2.45, 2.75) is 20.3 Å². The van der Waals surface area contributed by atoms with Crippen LogP contribution in [0.15, 0.2) is 48.7 Å². The Labute approximate surface area is 88.1 Å². The van der Waals surface area contributed by atoms with Gasteiger partial charge in [-0.25, -0.2) is 0 Å². The molecule has 0 aromatic carbocycles. The highest BCUT2D eigenvalue weighted by Gasteiger charge is 2.16. The number of likely N-dealkylation sites (tertiary alicyclic amines) is 1. The minimum atomic E-state index is 1.10. The van der Waals surface area contributed by atoms with Crippen LogP contribution < -0.4 is 0 Å². The van der Waals surface area contributed by atoms with Crippen LogP contribution in [0.2, 0.25) is 0 Å². The van der Waals surface area contributed by atoms with E-state index in [0.717, 1.165) is 13.0 Å². The summed E-state index contributed by atoms with van der Waals surface area (Å²) < 4.78 is 0. The number of allylic oxidation sites excluding steroid dienone is 5. The maximum atomic E-state index is 3.70. The standard InChI is InChI=1S/C11H15N.C2H6/c1-4-6-10-8-9-12(3)11(10)7-5-2;1-2/h4-7H,1-2,8-9H2,3H3;1-2H3/b10-6-,11-7+;. The highest BCUT2D eigenvalue weighted by molar-refractivity contribution is 5.37. The first-order valence-corrected chi connectivity index (χ1v) is 5.15. The summed E-state index contributed by atoms with van der Waals surface area (Å²) in [6.45, 7) is 12.5. The molecule has 1 aliphatic rings. The molecule has 0 unspecified atom stereocenters. The maximum absolute atomic E-state index is 3.70. The van der Waals surface area contributed by atoms with Crippen molar-refractivity contribution in [3.8, 4) is 0 Å². The topological polar surface area (TPSA) is 3.24 Å². The van der Waals surface area contributed by atoms with E-state index in [9.17, 15) is 0 Å². The molecule has 0 bridgehead atoms. The molecule has 0 radical (unpaired) electrons. The Morgan fingerprint density at radius 1 is 1.14 bits per heavy atom. The second-order valence-corrected chi connectivity index (χ2v) is 2.89. The van der Waals surface area contributed by atoms with Crippen LogP contribution in [0.1, 0.15) is 20.3 Å². The van der Waals surface area contributed by atoms with E-state index in [4.69, 9.17) is 0 Å². The van der Waals surface area contributed by atoms with Gasteiger partial charge in [-0.1, -0.05) is 45.2 Å². The van der Waals surface area contributed by atoms with Crippen molar-refractivity contribution in [1.82, 2.24) is 4.90 Å². The highest BCUT2D eigenvalue weighted by atomic mass is 15.1. The molecule has 0 saturated carbocycles. The van der Waals surface area contributed by atoms with Gasteiger partial charge in [0.05, 0.1) is 0 Å². The summed E-state index contributed by atoms with van der Waals surface area (Å²) >= 11 is 0. The molecular weight excluding hydrogens is 170 g/mol. The minimum Gasteiger partial charge on any atom is -0.374 e. The first-order chi connectivity index (χ1) is 6.79. The fourth-order valence-electron chi connectivity index (χ4n) is 1.44. The van der Waals surface area contributed by atoms with Crippen LogP contribution in [0.5, 0.6) is 0 Å². The summed E-state index contributed by atoms with van der Waals surface area (Å²) in [6, 6.07) is 0. The Kier molecular flexibility index (Phi) is 6.55. The van der Waals surface area contributed by atoms with E-state index in [0.29, 0.717) is 0 Å². The first-order valence-electron chi connectivity index (χ1n) is 5.15. The lowest BCUT2D eigenvalue weighted by Crippen LogP contribution is -2.09. The second kappa shape index (κ2) is 7.19. The fraction of sp³-hybridized carbons (Fsp3) is 0.385. The Morgan fingerprint density at radius 2 is 1.71 bits per heavy atom. The molecule has 0 N–H and O–H groups in total. The van der Waals surface area contributed by atoms with Crippen molar-refractivity contribution in [3.63, 3.8) is 0 Å². The number of likely N-dealkylation sites (N-methyl/N-ethyl adjacent to an activating group) is 1. The third-order valence-electron chi connectivity index (χ3n) is 2.05. The molecule has 1 fully saturated rings. The van der Waals surface area contributed by atoms with Gasteiger partial charge in [-0.2, -0.15) is 0 Å². The van der Waals surface area contributed by atoms with Gasteiger partial charge in [0, 0.05) is 19.3 Å². The largest absolute Gasteiger partial charge is 0.374 e. The van der Waals surface area contributed by atoms with Crippen molar-refractivity contribution in [2.75, 3.05) is 13.6 Å². The summed E-state index contributed by atoms with van der Waals surface area (Å²) in [5.74, 6) is 0. The van der Waals surface area contributed by atoms with Crippen LogP contribution in [-0.2, 0) is 0 Å². The van der Waals surface area contributed by atoms with E-state index in [1.54, 1.807) is 0 Å². The zero-order valence-electron chi connectivity index (χ0n) is 9.59. The zero-order chi connectivity index (χ0) is 11.0. The van der Waals surface area contributed by atoms with Crippen LogP contribution in [0, 0.1) is 0 Å². The highest BCUT2D eigenvalue weighted by Crippen LogP contribution is 2.25. The second-order valence-electron chi connectivity index (χ2n) is 2.89. The normalized spacial score (nSPS) is 20.6. The molecule has 0 atom stereocenters. The van der Waals surface area contributed by atoms with E-state index in [1.165, 1.54) is 11.3 Å². The molecule has 1 aliphatic heterocycles. The SMILES string of the molecule is C=C/C=C1/CCN(C)/C1=C/C=C.CC. The predicted molar refractivity (Wildman–Crippen MR) is 65.2 cm³/mol. The predicted octanol–water partition coefficient (Wildman–Crippen LogP) is 3.53. The molecule has 1 heteroatoms. The van der Waals surface area contributed by atoms with Gasteiger partial charge in [0.1, 0.15) is 0 Å². The Bertz CT molecular complexity index is 246. The average molecular weight is 191 g/mol. The van der Waals surface area contributed by atoms with Gasteiger partial charge in [-0.05, 0) is 18.1 Å². The van der Waals surface area contributed by atoms with Crippen LogP contribution in [0.3, 0.4) is 0 Å². The van der Waals surface area contributed by atoms with Crippen LogP contribution in [0.4, 0.5) is 0 Å². The Morgan fingerprint density at radius 3 is 2.21 bits per heavy atom. The summed E-state index contributed by atoms with van der Waals surface area (Å²) in [4.78, 5) is 2.23. The lowest BCUT2D eigenvalue weighted by atomic mass is 10.1. The molecule has 1 rings (SSSR count). The molecule has 14 heavy (non-hydrogen) atoms. The van der Waals surface area contributed by atoms with Gasteiger partial charge in [0.2, 0.25) is 0 Å². The van der Waals surface area contributed by atoms with E-state index >= 15 is 0 Å². The third-order valence-corrected chi connectivity index (χ3v) is 2.05. The smallest absolute Gasteiger partial charge is 0.0396 e. The molecular formula is C13H21N. The minimum absolute atomic E-state index is 1.10. The van der Waals surface area contributed by atoms with Crippen LogP contribution in [0.25, 0.3) is 0 Å². The average Bonchev–Trinajstić information content (AvgIpc) is 2.54. The number of nitrogens with zero attached hydrogens (tertiary/aromatic N) is 1. The summed E-state index contributed by atoms with van der Waals surface area (Å²) in [5, 5.41) is 0. The molecule has 78 valence electrons. The van der Waals surface area contributed by atoms with E-state index in [2.05, 4.69) is 31.2 Å². The Balaban J connectivity index is 0.000000791. The van der Waals surface area contributed by atoms with Crippen LogP contribution >= 0.6 is 0 Å². The quantitative estimate of drug-likeness (QED) is 0.645. The van der Waals surface area contributed by atoms with Gasteiger partial charge in [0.15, 0.2) is 0 Å². The molecule has 1 nitrogen and oxygen atoms in total. The molecule has 1 saturated heterocycles. The monoisotopic (exact) mass is 191 g/mol. The van der Waals surface area contributed by atoms with E-state index in [1.807, 2.05) is 32.1 Å². The van der Waals surface area contributed by atoms with Crippen molar-refractivity contribution >= 4 is 0 Å². The molecule has 0 aromatic rings. The van der Waals surface area contributed by atoms with Crippen molar-refractivity contribution in [3.05, 3.63) is 48.7 Å². The molecule has 0 aliphatic carbocycles. The molecule has 1 heterocycles. The number of hydrogen-bond donors (Lipinski definition) is 0. The van der Waals surface area contributed by atoms with Gasteiger partial charge in [-0.3, -0.25) is 0 Å². The van der Waals surface area contributed by atoms with E-state index in [-0.39, 0.29) is 0 Å². The fourth-order valence-corrected chi connectivity index (χ4v) is 1.44. The van der Waals surface area contributed by atoms with Gasteiger partial charge in [-0.15, -0.1) is 0 Å². The molecule has 0 aromatic heterocycles. The number of hydrogen-bond acceptors (Lipinski definition) is 1. The van der Waals surface area contributed by atoms with Crippen molar-refractivity contribution in [2.24, 2.45) is 0 Å². The van der Waals surface area contributed by atoms with Crippen molar-refractivity contribution < 1.29 is 0 Å². The Hall–Kier alpha value is -1.24. The first kappa shape index (κ1) is 12.8. The van der Waals surface area contributed by atoms with Crippen molar-refractivity contribution in [1.29, 1.82) is 0 Å². The van der Waals surface area contributed by atoms with E-state index < -0.39 is 0 Å². The molecule has 0 amide bonds.